The predicted octanol–water partition coefficient (Wildman–Crippen LogP) is 4.41. The van der Waals surface area contributed by atoms with Crippen molar-refractivity contribution in [3.63, 3.8) is 0 Å². The van der Waals surface area contributed by atoms with Gasteiger partial charge in [0.1, 0.15) is 13.2 Å². The molecule has 2 aliphatic rings. The first-order chi connectivity index (χ1) is 16.7. The molecular formula is C26H40N4O5. The number of hydrogen-bond donors (Lipinski definition) is 2. The van der Waals surface area contributed by atoms with Crippen LogP contribution >= 0.6 is 0 Å². The van der Waals surface area contributed by atoms with E-state index in [-0.39, 0.29) is 31.3 Å². The van der Waals surface area contributed by atoms with Gasteiger partial charge in [0.2, 0.25) is 0 Å². The second kappa shape index (κ2) is 12.7. The summed E-state index contributed by atoms with van der Waals surface area (Å²) in [7, 11) is 0. The van der Waals surface area contributed by atoms with Crippen molar-refractivity contribution >= 4 is 18.1 Å². The zero-order chi connectivity index (χ0) is 25.4. The van der Waals surface area contributed by atoms with E-state index in [9.17, 15) is 14.4 Å². The van der Waals surface area contributed by atoms with Crippen LogP contribution in [0, 0.1) is 25.7 Å². The number of alkyl carbamates (subject to hydrolysis) is 1. The van der Waals surface area contributed by atoms with Crippen LogP contribution in [-0.2, 0) is 14.3 Å². The molecule has 0 bridgehead atoms. The van der Waals surface area contributed by atoms with Crippen molar-refractivity contribution in [2.45, 2.75) is 90.6 Å². The molecule has 1 aromatic rings. The van der Waals surface area contributed by atoms with Crippen LogP contribution in [0.15, 0.2) is 18.2 Å². The minimum Gasteiger partial charge on any atom is -0.459 e. The summed E-state index contributed by atoms with van der Waals surface area (Å²) in [5.41, 5.74) is 2.03. The molecule has 9 heteroatoms. The van der Waals surface area contributed by atoms with Gasteiger partial charge in [0.05, 0.1) is 5.69 Å². The number of rotatable bonds is 8. The van der Waals surface area contributed by atoms with Gasteiger partial charge in [-0.25, -0.2) is 14.4 Å². The first-order valence-electron chi connectivity index (χ1n) is 12.8. The smallest absolute Gasteiger partial charge is 0.407 e. The summed E-state index contributed by atoms with van der Waals surface area (Å²) in [4.78, 5) is 35.8. The average molecular weight is 489 g/mol. The molecule has 0 spiro atoms. The van der Waals surface area contributed by atoms with Crippen LogP contribution in [0.1, 0.15) is 76.1 Å². The van der Waals surface area contributed by atoms with E-state index >= 15 is 0 Å². The molecular weight excluding hydrogens is 448 g/mol. The van der Waals surface area contributed by atoms with Gasteiger partial charge in [-0.2, -0.15) is 9.78 Å². The minimum atomic E-state index is -0.482. The number of carbonyl (C=O) groups excluding carboxylic acids is 3. The van der Waals surface area contributed by atoms with Gasteiger partial charge in [-0.3, -0.25) is 0 Å². The third kappa shape index (κ3) is 8.40. The molecule has 0 aliphatic heterocycles. The van der Waals surface area contributed by atoms with Crippen molar-refractivity contribution in [1.29, 1.82) is 0 Å². The normalized spacial score (nSPS) is 24.3. The fraction of sp³-hybridized carbons (Fsp3) is 0.692. The van der Waals surface area contributed by atoms with E-state index in [0.29, 0.717) is 17.4 Å². The average Bonchev–Trinajstić information content (AvgIpc) is 3.17. The van der Waals surface area contributed by atoms with Crippen molar-refractivity contribution in [2.75, 3.05) is 13.2 Å². The van der Waals surface area contributed by atoms with E-state index in [2.05, 4.69) is 22.3 Å². The number of aromatic nitrogens is 2. The molecule has 0 saturated heterocycles. The van der Waals surface area contributed by atoms with Gasteiger partial charge in [0.25, 0.3) is 0 Å². The Balaban J connectivity index is 1.27. The molecule has 9 nitrogen and oxygen atoms in total. The largest absolute Gasteiger partial charge is 0.459 e. The summed E-state index contributed by atoms with van der Waals surface area (Å²) in [6, 6.07) is 2.14. The van der Waals surface area contributed by atoms with Gasteiger partial charge in [-0.1, -0.05) is 6.58 Å². The lowest BCUT2D eigenvalue weighted by molar-refractivity contribution is -0.139. The van der Waals surface area contributed by atoms with Crippen molar-refractivity contribution in [3.05, 3.63) is 29.6 Å². The molecule has 2 N–H and O–H groups in total. The predicted molar refractivity (Wildman–Crippen MR) is 132 cm³/mol. The van der Waals surface area contributed by atoms with Crippen molar-refractivity contribution in [1.82, 2.24) is 20.4 Å². The van der Waals surface area contributed by atoms with E-state index in [1.807, 2.05) is 19.9 Å². The molecule has 2 fully saturated rings. The zero-order valence-electron chi connectivity index (χ0n) is 21.3. The highest BCUT2D eigenvalue weighted by molar-refractivity contribution is 5.86. The molecule has 2 saturated carbocycles. The third-order valence-electron chi connectivity index (χ3n) is 7.11. The molecule has 2 amide bonds. The number of esters is 1. The molecule has 194 valence electrons. The highest BCUT2D eigenvalue weighted by Crippen LogP contribution is 2.35. The molecule has 35 heavy (non-hydrogen) atoms. The highest BCUT2D eigenvalue weighted by atomic mass is 16.6. The highest BCUT2D eigenvalue weighted by Gasteiger charge is 2.28. The van der Waals surface area contributed by atoms with Gasteiger partial charge < -0.3 is 20.1 Å². The number of nitrogens with zero attached hydrogens (tertiary/aromatic N) is 2. The Morgan fingerprint density at radius 2 is 1.49 bits per heavy atom. The topological polar surface area (TPSA) is 112 Å². The third-order valence-corrected chi connectivity index (χ3v) is 7.11. The van der Waals surface area contributed by atoms with E-state index in [4.69, 9.17) is 9.47 Å². The van der Waals surface area contributed by atoms with E-state index in [0.717, 1.165) is 62.8 Å². The summed E-state index contributed by atoms with van der Waals surface area (Å²) in [6.45, 7) is 8.93. The molecule has 1 heterocycles. The summed E-state index contributed by atoms with van der Waals surface area (Å²) < 4.78 is 11.5. The lowest BCUT2D eigenvalue weighted by atomic mass is 9.76. The van der Waals surface area contributed by atoms with Crippen LogP contribution < -0.4 is 10.6 Å². The van der Waals surface area contributed by atoms with Crippen LogP contribution in [-0.4, -0.2) is 53.2 Å². The van der Waals surface area contributed by atoms with E-state index in [1.165, 1.54) is 11.1 Å². The maximum atomic E-state index is 12.5. The van der Waals surface area contributed by atoms with Gasteiger partial charge in [-0.05, 0) is 96.5 Å². The molecule has 0 aromatic carbocycles. The number of amides is 2. The monoisotopic (exact) mass is 488 g/mol. The maximum absolute atomic E-state index is 12.5. The fourth-order valence-electron chi connectivity index (χ4n) is 5.23. The minimum absolute atomic E-state index is 0.0281. The summed E-state index contributed by atoms with van der Waals surface area (Å²) in [6.07, 6.45) is 9.21. The molecule has 1 aromatic heterocycles. The standard InChI is InChI=1S/C26H40N4O5/c1-17(2)24(31)34-13-14-35-26(33)28-23-11-7-21(8-12-23)16-20-5-9-22(10-6-20)27-25(32)30-19(4)15-18(3)29-30/h15,20-23H,1,5-14,16H2,2-4H3,(H,27,32)(H,28,33). The van der Waals surface area contributed by atoms with Crippen LogP contribution in [0.5, 0.6) is 0 Å². The lowest BCUT2D eigenvalue weighted by Gasteiger charge is -2.34. The van der Waals surface area contributed by atoms with Crippen LogP contribution in [0.2, 0.25) is 0 Å². The summed E-state index contributed by atoms with van der Waals surface area (Å²) >= 11 is 0. The van der Waals surface area contributed by atoms with Gasteiger partial charge in [-0.15, -0.1) is 0 Å². The van der Waals surface area contributed by atoms with E-state index in [1.54, 1.807) is 6.92 Å². The number of hydrogen-bond acceptors (Lipinski definition) is 6. The lowest BCUT2D eigenvalue weighted by Crippen LogP contribution is -2.41. The van der Waals surface area contributed by atoms with Crippen molar-refractivity contribution in [3.8, 4) is 0 Å². The Kier molecular flexibility index (Phi) is 9.74. The quantitative estimate of drug-likeness (QED) is 0.318. The Morgan fingerprint density at radius 3 is 2.00 bits per heavy atom. The summed E-state index contributed by atoms with van der Waals surface area (Å²) in [5, 5.41) is 10.3. The van der Waals surface area contributed by atoms with Gasteiger partial charge >= 0.3 is 18.1 Å². The van der Waals surface area contributed by atoms with Crippen molar-refractivity contribution < 1.29 is 23.9 Å². The van der Waals surface area contributed by atoms with Gasteiger partial charge in [0, 0.05) is 23.4 Å². The number of ether oxygens (including phenoxy) is 2. The first-order valence-corrected chi connectivity index (χ1v) is 12.8. The Labute approximate surface area is 208 Å². The second-order valence-corrected chi connectivity index (χ2v) is 10.2. The Morgan fingerprint density at radius 1 is 0.943 bits per heavy atom. The first kappa shape index (κ1) is 26.8. The molecule has 0 radical (unpaired) electrons. The van der Waals surface area contributed by atoms with Gasteiger partial charge in [0.15, 0.2) is 0 Å². The SMILES string of the molecule is C=C(C)C(=O)OCCOC(=O)NC1CCC(CC2CCC(NC(=O)n3nc(C)cc3C)CC2)CC1. The number of aryl methyl sites for hydroxylation is 2. The Bertz CT molecular complexity index is 896. The van der Waals surface area contributed by atoms with E-state index < -0.39 is 12.1 Å². The van der Waals surface area contributed by atoms with Crippen LogP contribution in [0.3, 0.4) is 0 Å². The number of nitrogens with one attached hydrogen (secondary N) is 2. The molecule has 3 rings (SSSR count). The van der Waals surface area contributed by atoms with Crippen LogP contribution in [0.25, 0.3) is 0 Å². The molecule has 0 atom stereocenters. The Hall–Kier alpha value is -2.84. The van der Waals surface area contributed by atoms with Crippen LogP contribution in [0.4, 0.5) is 9.59 Å². The van der Waals surface area contributed by atoms with Crippen molar-refractivity contribution in [2.24, 2.45) is 11.8 Å². The fourth-order valence-corrected chi connectivity index (χ4v) is 5.23. The second-order valence-electron chi connectivity index (χ2n) is 10.2. The number of carbonyl (C=O) groups is 3. The summed E-state index contributed by atoms with van der Waals surface area (Å²) in [5.74, 6) is 0.916. The zero-order valence-corrected chi connectivity index (χ0v) is 21.3. The maximum Gasteiger partial charge on any atom is 0.407 e. The molecule has 0 unspecified atom stereocenters. The molecule has 2 aliphatic carbocycles.